The van der Waals surface area contributed by atoms with E-state index in [2.05, 4.69) is 29.3 Å². The molecule has 0 saturated carbocycles. The molecule has 0 radical (unpaired) electrons. The van der Waals surface area contributed by atoms with Crippen LogP contribution in [-0.4, -0.2) is 4.98 Å². The predicted molar refractivity (Wildman–Crippen MR) is 109 cm³/mol. The highest BCUT2D eigenvalue weighted by Gasteiger charge is 2.04. The fourth-order valence-corrected chi connectivity index (χ4v) is 3.05. The summed E-state index contributed by atoms with van der Waals surface area (Å²) >= 11 is 5.94. The van der Waals surface area contributed by atoms with Crippen molar-refractivity contribution in [3.63, 3.8) is 0 Å². The fraction of sp³-hybridized carbons (Fsp3) is 0.0870. The minimum atomic E-state index is 0.737. The molecule has 2 nitrogen and oxygen atoms in total. The largest absolute Gasteiger partial charge is 0.458 e. The molecule has 0 spiro atoms. The van der Waals surface area contributed by atoms with Gasteiger partial charge in [-0.1, -0.05) is 35.9 Å². The number of hydrogen-bond donors (Lipinski definition) is 0. The number of benzene rings is 2. The van der Waals surface area contributed by atoms with Gasteiger partial charge in [0, 0.05) is 16.6 Å². The number of fused-ring (bicyclic) bond motifs is 1. The molecule has 1 aliphatic carbocycles. The summed E-state index contributed by atoms with van der Waals surface area (Å²) in [7, 11) is 0. The zero-order chi connectivity index (χ0) is 17.8. The molecular weight excluding hydrogens is 342 g/mol. The smallest absolute Gasteiger partial charge is 0.128 e. The molecular formula is C23H18ClNO. The lowest BCUT2D eigenvalue weighted by atomic mass is 10.1. The van der Waals surface area contributed by atoms with Gasteiger partial charge in [-0.3, -0.25) is 4.98 Å². The Morgan fingerprint density at radius 2 is 1.85 bits per heavy atom. The second-order valence-electron chi connectivity index (χ2n) is 6.15. The molecule has 4 rings (SSSR count). The number of allylic oxidation sites excluding steroid dienone is 3. The van der Waals surface area contributed by atoms with Crippen molar-refractivity contribution in [1.82, 2.24) is 4.98 Å². The summed E-state index contributed by atoms with van der Waals surface area (Å²) in [6.07, 6.45) is 14.3. The molecule has 0 amide bonds. The van der Waals surface area contributed by atoms with Gasteiger partial charge < -0.3 is 4.74 Å². The van der Waals surface area contributed by atoms with Crippen LogP contribution in [0.4, 0.5) is 0 Å². The lowest BCUT2D eigenvalue weighted by molar-refractivity contribution is 0.440. The summed E-state index contributed by atoms with van der Waals surface area (Å²) in [5.74, 6) is 1.75. The van der Waals surface area contributed by atoms with Crippen molar-refractivity contribution in [2.24, 2.45) is 0 Å². The standard InChI is InChI=1S/C23H18ClNO/c24-19-9-6-17(7-10-19)8-13-23-22-12-11-21(16-18(22)14-15-25-23)26-20-4-2-1-3-5-20/h2,4-16H,1,3H2. The molecule has 0 saturated heterocycles. The van der Waals surface area contributed by atoms with Crippen LogP contribution >= 0.6 is 11.6 Å². The van der Waals surface area contributed by atoms with Crippen molar-refractivity contribution >= 4 is 34.5 Å². The van der Waals surface area contributed by atoms with E-state index < -0.39 is 0 Å². The lowest BCUT2D eigenvalue weighted by Crippen LogP contribution is -1.95. The number of aromatic nitrogens is 1. The molecule has 0 bridgehead atoms. The first-order valence-electron chi connectivity index (χ1n) is 8.65. The Morgan fingerprint density at radius 1 is 0.962 bits per heavy atom. The predicted octanol–water partition coefficient (Wildman–Crippen LogP) is 6.67. The van der Waals surface area contributed by atoms with E-state index in [1.165, 1.54) is 0 Å². The summed E-state index contributed by atoms with van der Waals surface area (Å²) < 4.78 is 5.97. The third kappa shape index (κ3) is 3.87. The monoisotopic (exact) mass is 359 g/mol. The van der Waals surface area contributed by atoms with Crippen molar-refractivity contribution in [3.05, 3.63) is 95.0 Å². The number of hydrogen-bond acceptors (Lipinski definition) is 2. The number of pyridine rings is 1. The maximum Gasteiger partial charge on any atom is 0.128 e. The maximum atomic E-state index is 5.97. The summed E-state index contributed by atoms with van der Waals surface area (Å²) in [5.41, 5.74) is 2.02. The van der Waals surface area contributed by atoms with Gasteiger partial charge in [0.25, 0.3) is 0 Å². The number of nitrogens with zero attached hydrogens (tertiary/aromatic N) is 1. The minimum Gasteiger partial charge on any atom is -0.458 e. The van der Waals surface area contributed by atoms with Crippen LogP contribution in [0.1, 0.15) is 24.1 Å². The molecule has 0 N–H and O–H groups in total. The number of ether oxygens (including phenoxy) is 1. The minimum absolute atomic E-state index is 0.737. The van der Waals surface area contributed by atoms with E-state index in [4.69, 9.17) is 16.3 Å². The number of rotatable bonds is 4. The van der Waals surface area contributed by atoms with Crippen molar-refractivity contribution in [2.45, 2.75) is 12.8 Å². The Morgan fingerprint density at radius 3 is 2.65 bits per heavy atom. The molecule has 3 aromatic rings. The Bertz CT molecular complexity index is 1020. The molecule has 3 heteroatoms. The van der Waals surface area contributed by atoms with E-state index >= 15 is 0 Å². The molecule has 0 fully saturated rings. The van der Waals surface area contributed by atoms with Crippen molar-refractivity contribution in [1.29, 1.82) is 0 Å². The highest BCUT2D eigenvalue weighted by molar-refractivity contribution is 6.30. The lowest BCUT2D eigenvalue weighted by Gasteiger charge is -2.10. The first kappa shape index (κ1) is 16.6. The molecule has 26 heavy (non-hydrogen) atoms. The Hall–Kier alpha value is -2.84. The third-order valence-electron chi connectivity index (χ3n) is 4.27. The molecule has 1 heterocycles. The Balaban J connectivity index is 1.61. The summed E-state index contributed by atoms with van der Waals surface area (Å²) in [6.45, 7) is 0. The van der Waals surface area contributed by atoms with Crippen LogP contribution in [0.25, 0.3) is 22.9 Å². The van der Waals surface area contributed by atoms with E-state index in [0.717, 1.165) is 51.4 Å². The van der Waals surface area contributed by atoms with E-state index in [-0.39, 0.29) is 0 Å². The van der Waals surface area contributed by atoms with Crippen LogP contribution in [0.3, 0.4) is 0 Å². The van der Waals surface area contributed by atoms with Crippen LogP contribution in [0, 0.1) is 0 Å². The highest BCUT2D eigenvalue weighted by Crippen LogP contribution is 2.26. The Kier molecular flexibility index (Phi) is 4.85. The van der Waals surface area contributed by atoms with E-state index in [1.807, 2.05) is 60.8 Å². The van der Waals surface area contributed by atoms with E-state index in [1.54, 1.807) is 0 Å². The first-order valence-corrected chi connectivity index (χ1v) is 9.03. The normalized spacial score (nSPS) is 14.0. The van der Waals surface area contributed by atoms with Gasteiger partial charge in [0.1, 0.15) is 11.5 Å². The molecule has 0 aliphatic heterocycles. The molecule has 1 aliphatic rings. The summed E-state index contributed by atoms with van der Waals surface area (Å²) in [4.78, 5) is 4.51. The van der Waals surface area contributed by atoms with Crippen molar-refractivity contribution in [3.8, 4) is 5.75 Å². The van der Waals surface area contributed by atoms with Gasteiger partial charge in [-0.15, -0.1) is 0 Å². The van der Waals surface area contributed by atoms with E-state index in [9.17, 15) is 0 Å². The SMILES string of the molecule is Clc1ccc(C=Cc2nccc3cc(OC4=CCCC=C4)ccc23)cc1. The zero-order valence-electron chi connectivity index (χ0n) is 14.2. The second kappa shape index (κ2) is 7.59. The van der Waals surface area contributed by atoms with Crippen LogP contribution in [0.15, 0.2) is 78.7 Å². The Labute approximate surface area is 158 Å². The first-order chi connectivity index (χ1) is 12.8. The third-order valence-corrected chi connectivity index (χ3v) is 4.52. The van der Waals surface area contributed by atoms with Gasteiger partial charge in [0.05, 0.1) is 5.69 Å². The average Bonchev–Trinajstić information content (AvgIpc) is 2.68. The van der Waals surface area contributed by atoms with E-state index in [0.29, 0.717) is 0 Å². The van der Waals surface area contributed by atoms with Crippen LogP contribution in [0.2, 0.25) is 5.02 Å². The van der Waals surface area contributed by atoms with Crippen LogP contribution < -0.4 is 4.74 Å². The van der Waals surface area contributed by atoms with Crippen LogP contribution in [-0.2, 0) is 0 Å². The fourth-order valence-electron chi connectivity index (χ4n) is 2.93. The summed E-state index contributed by atoms with van der Waals surface area (Å²) in [5, 5.41) is 2.94. The second-order valence-corrected chi connectivity index (χ2v) is 6.59. The van der Waals surface area contributed by atoms with Crippen LogP contribution in [0.5, 0.6) is 5.75 Å². The molecule has 128 valence electrons. The van der Waals surface area contributed by atoms with Gasteiger partial charge in [-0.25, -0.2) is 0 Å². The molecule has 0 atom stereocenters. The van der Waals surface area contributed by atoms with Gasteiger partial charge in [0.2, 0.25) is 0 Å². The van der Waals surface area contributed by atoms with Crippen molar-refractivity contribution in [2.75, 3.05) is 0 Å². The molecule has 2 aromatic carbocycles. The number of halogens is 1. The quantitative estimate of drug-likeness (QED) is 0.518. The van der Waals surface area contributed by atoms with Gasteiger partial charge in [-0.05, 0) is 78.4 Å². The summed E-state index contributed by atoms with van der Waals surface area (Å²) in [6, 6.07) is 15.9. The average molecular weight is 360 g/mol. The van der Waals surface area contributed by atoms with Gasteiger partial charge in [-0.2, -0.15) is 0 Å². The van der Waals surface area contributed by atoms with Crippen molar-refractivity contribution < 1.29 is 4.74 Å². The maximum absolute atomic E-state index is 5.97. The van der Waals surface area contributed by atoms with Gasteiger partial charge >= 0.3 is 0 Å². The van der Waals surface area contributed by atoms with Gasteiger partial charge in [0.15, 0.2) is 0 Å². The molecule has 1 aromatic heterocycles. The zero-order valence-corrected chi connectivity index (χ0v) is 15.0. The topological polar surface area (TPSA) is 22.1 Å². The molecule has 0 unspecified atom stereocenters. The highest BCUT2D eigenvalue weighted by atomic mass is 35.5.